The number of hydrogen-bond donors (Lipinski definition) is 0. The topological polar surface area (TPSA) is 26.3 Å². The molecule has 1 atom stereocenters. The van der Waals surface area contributed by atoms with Gasteiger partial charge in [0, 0.05) is 6.42 Å². The molecule has 1 unspecified atom stereocenters. The van der Waals surface area contributed by atoms with E-state index in [1.54, 1.807) is 12.1 Å². The first-order valence-electron chi connectivity index (χ1n) is 6.99. The van der Waals surface area contributed by atoms with Crippen LogP contribution >= 0.6 is 0 Å². The number of carbonyl (C=O) groups excluding carboxylic acids is 1. The van der Waals surface area contributed by atoms with E-state index in [0.717, 1.165) is 25.7 Å². The monoisotopic (exact) mass is 266 g/mol. The maximum absolute atomic E-state index is 13.8. The minimum absolute atomic E-state index is 0.0972. The van der Waals surface area contributed by atoms with Gasteiger partial charge < -0.3 is 4.74 Å². The minimum atomic E-state index is -0.491. The molecule has 0 aliphatic heterocycles. The Labute approximate surface area is 115 Å². The number of unbranched alkanes of at least 4 members (excludes halogenated alkanes) is 1. The molecule has 0 spiro atoms. The van der Waals surface area contributed by atoms with Gasteiger partial charge in [0.2, 0.25) is 0 Å². The van der Waals surface area contributed by atoms with Crippen LogP contribution in [0, 0.1) is 11.7 Å². The van der Waals surface area contributed by atoms with Gasteiger partial charge >= 0.3 is 0 Å². The molecule has 0 aliphatic carbocycles. The van der Waals surface area contributed by atoms with E-state index in [-0.39, 0.29) is 11.3 Å². The second kappa shape index (κ2) is 7.93. The van der Waals surface area contributed by atoms with Crippen LogP contribution in [-0.4, -0.2) is 12.9 Å². The molecule has 0 N–H and O–H groups in total. The lowest BCUT2D eigenvalue weighted by Crippen LogP contribution is -2.11. The Morgan fingerprint density at radius 3 is 2.68 bits per heavy atom. The van der Waals surface area contributed by atoms with Crippen LogP contribution in [0.25, 0.3) is 0 Å². The second-order valence-electron chi connectivity index (χ2n) is 4.86. The highest BCUT2D eigenvalue weighted by molar-refractivity contribution is 5.99. The predicted octanol–water partition coefficient (Wildman–Crippen LogP) is 4.62. The van der Waals surface area contributed by atoms with Gasteiger partial charge in [0.15, 0.2) is 5.78 Å². The van der Waals surface area contributed by atoms with E-state index in [0.29, 0.717) is 18.1 Å². The first-order chi connectivity index (χ1) is 9.13. The van der Waals surface area contributed by atoms with Crippen LogP contribution in [0.4, 0.5) is 4.39 Å². The first-order valence-corrected chi connectivity index (χ1v) is 6.99. The van der Waals surface area contributed by atoms with E-state index in [9.17, 15) is 9.18 Å². The molecule has 0 bridgehead atoms. The lowest BCUT2D eigenvalue weighted by molar-refractivity contribution is 0.0949. The molecule has 3 heteroatoms. The fourth-order valence-corrected chi connectivity index (χ4v) is 2.25. The number of ether oxygens (including phenoxy) is 1. The van der Waals surface area contributed by atoms with E-state index in [4.69, 9.17) is 4.74 Å². The lowest BCUT2D eigenvalue weighted by atomic mass is 9.91. The maximum Gasteiger partial charge on any atom is 0.169 e. The number of Topliss-reactive ketones (excluding diaryl/α,β-unsaturated/α-hetero) is 1. The summed E-state index contributed by atoms with van der Waals surface area (Å²) in [6, 6.07) is 4.49. The van der Waals surface area contributed by atoms with Crippen molar-refractivity contribution in [2.75, 3.05) is 7.11 Å². The molecule has 0 aliphatic rings. The quantitative estimate of drug-likeness (QED) is 0.641. The van der Waals surface area contributed by atoms with E-state index in [1.807, 2.05) is 0 Å². The summed E-state index contributed by atoms with van der Waals surface area (Å²) in [5.41, 5.74) is 0.0972. The van der Waals surface area contributed by atoms with Crippen molar-refractivity contribution in [1.82, 2.24) is 0 Å². The van der Waals surface area contributed by atoms with Crippen molar-refractivity contribution in [3.63, 3.8) is 0 Å². The summed E-state index contributed by atoms with van der Waals surface area (Å²) in [4.78, 5) is 12.3. The first kappa shape index (κ1) is 15.7. The molecule has 0 heterocycles. The summed E-state index contributed by atoms with van der Waals surface area (Å²) in [5, 5.41) is 0. The summed E-state index contributed by atoms with van der Waals surface area (Å²) in [6.45, 7) is 4.21. The van der Waals surface area contributed by atoms with Gasteiger partial charge in [-0.3, -0.25) is 4.79 Å². The number of ketones is 1. The van der Waals surface area contributed by atoms with Crippen molar-refractivity contribution in [2.45, 2.75) is 46.0 Å². The maximum atomic E-state index is 13.8. The van der Waals surface area contributed by atoms with E-state index in [2.05, 4.69) is 13.8 Å². The second-order valence-corrected chi connectivity index (χ2v) is 4.86. The number of carbonyl (C=O) groups is 1. The summed E-state index contributed by atoms with van der Waals surface area (Å²) in [6.07, 6.45) is 4.60. The zero-order valence-corrected chi connectivity index (χ0v) is 12.0. The molecule has 0 saturated carbocycles. The highest BCUT2D eigenvalue weighted by Gasteiger charge is 2.20. The Balaban J connectivity index is 2.82. The van der Waals surface area contributed by atoms with Crippen LogP contribution in [0.1, 0.15) is 56.3 Å². The van der Waals surface area contributed by atoms with Gasteiger partial charge in [-0.1, -0.05) is 45.6 Å². The molecule has 1 aromatic rings. The summed E-state index contributed by atoms with van der Waals surface area (Å²) >= 11 is 0. The van der Waals surface area contributed by atoms with Gasteiger partial charge in [-0.05, 0) is 18.1 Å². The summed E-state index contributed by atoms with van der Waals surface area (Å²) in [7, 11) is 1.46. The molecule has 0 aromatic heterocycles. The Morgan fingerprint density at radius 1 is 1.37 bits per heavy atom. The van der Waals surface area contributed by atoms with Crippen LogP contribution in [0.2, 0.25) is 0 Å². The standard InChI is InChI=1S/C16H23FO2/c1-4-6-8-12(5-2)11-14(18)16-13(17)9-7-10-15(16)19-3/h7,9-10,12H,4-6,8,11H2,1-3H3. The van der Waals surface area contributed by atoms with E-state index < -0.39 is 5.82 Å². The molecule has 1 aromatic carbocycles. The third-order valence-electron chi connectivity index (χ3n) is 3.49. The summed E-state index contributed by atoms with van der Waals surface area (Å²) in [5.74, 6) is 0.0136. The molecule has 2 nitrogen and oxygen atoms in total. The number of hydrogen-bond acceptors (Lipinski definition) is 2. The van der Waals surface area contributed by atoms with Crippen molar-refractivity contribution in [2.24, 2.45) is 5.92 Å². The number of methoxy groups -OCH3 is 1. The zero-order chi connectivity index (χ0) is 14.3. The zero-order valence-electron chi connectivity index (χ0n) is 12.0. The van der Waals surface area contributed by atoms with Crippen molar-refractivity contribution in [3.8, 4) is 5.75 Å². The fraction of sp³-hybridized carbons (Fsp3) is 0.562. The highest BCUT2D eigenvalue weighted by Crippen LogP contribution is 2.26. The smallest absolute Gasteiger partial charge is 0.169 e. The Bertz CT molecular complexity index is 415. The van der Waals surface area contributed by atoms with Crippen molar-refractivity contribution in [3.05, 3.63) is 29.6 Å². The van der Waals surface area contributed by atoms with Gasteiger partial charge in [0.25, 0.3) is 0 Å². The van der Waals surface area contributed by atoms with Crippen molar-refractivity contribution in [1.29, 1.82) is 0 Å². The van der Waals surface area contributed by atoms with Crippen LogP contribution in [0.15, 0.2) is 18.2 Å². The third-order valence-corrected chi connectivity index (χ3v) is 3.49. The highest BCUT2D eigenvalue weighted by atomic mass is 19.1. The number of rotatable bonds is 8. The lowest BCUT2D eigenvalue weighted by Gasteiger charge is -2.15. The van der Waals surface area contributed by atoms with E-state index >= 15 is 0 Å². The van der Waals surface area contributed by atoms with Crippen LogP contribution in [0.5, 0.6) is 5.75 Å². The average molecular weight is 266 g/mol. The van der Waals surface area contributed by atoms with Gasteiger partial charge in [-0.2, -0.15) is 0 Å². The van der Waals surface area contributed by atoms with Crippen molar-refractivity contribution >= 4 is 5.78 Å². The minimum Gasteiger partial charge on any atom is -0.496 e. The van der Waals surface area contributed by atoms with Gasteiger partial charge in [-0.15, -0.1) is 0 Å². The van der Waals surface area contributed by atoms with E-state index in [1.165, 1.54) is 13.2 Å². The molecule has 0 radical (unpaired) electrons. The Morgan fingerprint density at radius 2 is 2.11 bits per heavy atom. The Hall–Kier alpha value is -1.38. The number of halogens is 1. The molecule has 19 heavy (non-hydrogen) atoms. The van der Waals surface area contributed by atoms with Crippen LogP contribution in [-0.2, 0) is 0 Å². The molecular formula is C16H23FO2. The third kappa shape index (κ3) is 4.34. The normalized spacial score (nSPS) is 12.2. The molecule has 0 fully saturated rings. The molecule has 0 saturated heterocycles. The average Bonchev–Trinajstić information content (AvgIpc) is 2.42. The van der Waals surface area contributed by atoms with Gasteiger partial charge in [0.05, 0.1) is 12.7 Å². The SMILES string of the molecule is CCCCC(CC)CC(=O)c1c(F)cccc1OC. The van der Waals surface area contributed by atoms with Crippen LogP contribution < -0.4 is 4.74 Å². The molecular weight excluding hydrogens is 243 g/mol. The van der Waals surface area contributed by atoms with Gasteiger partial charge in [0.1, 0.15) is 11.6 Å². The fourth-order valence-electron chi connectivity index (χ4n) is 2.25. The molecule has 1 rings (SSSR count). The molecule has 106 valence electrons. The van der Waals surface area contributed by atoms with Crippen molar-refractivity contribution < 1.29 is 13.9 Å². The van der Waals surface area contributed by atoms with Crippen LogP contribution in [0.3, 0.4) is 0 Å². The number of benzene rings is 1. The Kier molecular flexibility index (Phi) is 6.54. The largest absolute Gasteiger partial charge is 0.496 e. The summed E-state index contributed by atoms with van der Waals surface area (Å²) < 4.78 is 18.9. The predicted molar refractivity (Wildman–Crippen MR) is 75.2 cm³/mol. The molecule has 0 amide bonds. The van der Waals surface area contributed by atoms with Gasteiger partial charge in [-0.25, -0.2) is 4.39 Å².